The van der Waals surface area contributed by atoms with E-state index in [9.17, 15) is 28.8 Å². The van der Waals surface area contributed by atoms with Crippen LogP contribution in [0, 0.1) is 5.41 Å². The summed E-state index contributed by atoms with van der Waals surface area (Å²) in [5.74, 6) is -2.79. The number of fused-ring (bicyclic) bond motifs is 2. The van der Waals surface area contributed by atoms with Crippen LogP contribution in [-0.2, 0) is 27.2 Å². The van der Waals surface area contributed by atoms with Gasteiger partial charge in [-0.1, -0.05) is 44.2 Å². The molecule has 3 aliphatic rings. The molecule has 6 amide bonds. The molecule has 1 aliphatic carbocycles. The SMILES string of the molecule is CN(CCCCC(=O)Nc1ccc2c(c1)C(=O)N(C1CCC(=O)NC1=O)C2=O)CC[C@@H](c1ccccc1)n1cc(NC(=O)c2n[nH]c3c2CCC(C)(C)C3)cn1. The maximum absolute atomic E-state index is 13.3. The zero-order chi connectivity index (χ0) is 39.6. The monoisotopic (exact) mass is 761 g/mol. The van der Waals surface area contributed by atoms with Crippen molar-refractivity contribution in [2.45, 2.75) is 83.7 Å². The number of hydrogen-bond acceptors (Lipinski definition) is 9. The molecule has 1 saturated heterocycles. The number of carbonyl (C=O) groups is 6. The Labute approximate surface area is 324 Å². The van der Waals surface area contributed by atoms with Gasteiger partial charge in [-0.15, -0.1) is 0 Å². The highest BCUT2D eigenvalue weighted by molar-refractivity contribution is 6.24. The largest absolute Gasteiger partial charge is 0.326 e. The minimum Gasteiger partial charge on any atom is -0.326 e. The van der Waals surface area contributed by atoms with E-state index in [4.69, 9.17) is 0 Å². The van der Waals surface area contributed by atoms with Crippen LogP contribution in [-0.4, -0.2) is 91.4 Å². The molecular weight excluding hydrogens is 715 g/mol. The number of rotatable bonds is 14. The predicted octanol–water partition coefficient (Wildman–Crippen LogP) is 4.49. The topological polar surface area (TPSA) is 191 Å². The lowest BCUT2D eigenvalue weighted by molar-refractivity contribution is -0.136. The second kappa shape index (κ2) is 16.0. The van der Waals surface area contributed by atoms with Crippen molar-refractivity contribution >= 4 is 46.8 Å². The Balaban J connectivity index is 0.882. The standard InChI is InChI=1S/C41H47N9O6/c1-41(2)18-16-29-31(22-41)46-47-36(29)38(54)44-27-23-42-49(24-27)32(25-9-5-4-6-10-25)17-20-48(3)19-8-7-11-34(51)43-26-12-13-28-30(21-26)40(56)50(39(28)55)33-14-15-35(52)45-37(33)53/h4-6,9-10,12-13,21,23-24,32-33H,7-8,11,14-20,22H2,1-3H3,(H,43,51)(H,44,54)(H,46,47)(H,45,52,53)/t32-,33?/m0/s1. The molecule has 1 fully saturated rings. The number of imide groups is 2. The van der Waals surface area contributed by atoms with Crippen LogP contribution in [0.1, 0.15) is 113 Å². The van der Waals surface area contributed by atoms with Gasteiger partial charge in [0.2, 0.25) is 17.7 Å². The summed E-state index contributed by atoms with van der Waals surface area (Å²) in [7, 11) is 2.05. The van der Waals surface area contributed by atoms with Crippen molar-refractivity contribution in [1.29, 1.82) is 0 Å². The molecule has 56 heavy (non-hydrogen) atoms. The van der Waals surface area contributed by atoms with Crippen LogP contribution in [0.5, 0.6) is 0 Å². The van der Waals surface area contributed by atoms with Crippen molar-refractivity contribution in [3.05, 3.63) is 94.6 Å². The molecule has 15 heteroatoms. The molecule has 4 heterocycles. The van der Waals surface area contributed by atoms with E-state index in [1.807, 2.05) is 36.1 Å². The highest BCUT2D eigenvalue weighted by Crippen LogP contribution is 2.35. The molecule has 2 aromatic heterocycles. The fourth-order valence-corrected chi connectivity index (χ4v) is 7.82. The molecule has 15 nitrogen and oxygen atoms in total. The molecule has 4 aromatic rings. The van der Waals surface area contributed by atoms with E-state index >= 15 is 0 Å². The minimum atomic E-state index is -1.05. The lowest BCUT2D eigenvalue weighted by Crippen LogP contribution is -2.54. The summed E-state index contributed by atoms with van der Waals surface area (Å²) in [6.07, 6.45) is 8.78. The molecule has 2 aliphatic heterocycles. The Hall–Kier alpha value is -5.96. The van der Waals surface area contributed by atoms with Crippen LogP contribution >= 0.6 is 0 Å². The van der Waals surface area contributed by atoms with Crippen LogP contribution < -0.4 is 16.0 Å². The second-order valence-corrected chi connectivity index (χ2v) is 15.8. The Morgan fingerprint density at radius 3 is 2.54 bits per heavy atom. The number of hydrogen-bond donors (Lipinski definition) is 4. The van der Waals surface area contributed by atoms with Gasteiger partial charge in [-0.25, -0.2) is 0 Å². The predicted molar refractivity (Wildman–Crippen MR) is 207 cm³/mol. The van der Waals surface area contributed by atoms with E-state index in [2.05, 4.69) is 62.1 Å². The molecule has 7 rings (SSSR count). The molecule has 4 N–H and O–H groups in total. The molecule has 0 bridgehead atoms. The number of amides is 6. The maximum atomic E-state index is 13.3. The Morgan fingerprint density at radius 2 is 1.75 bits per heavy atom. The number of unbranched alkanes of at least 4 members (excludes halogenated alkanes) is 1. The molecule has 2 aromatic carbocycles. The van der Waals surface area contributed by atoms with Crippen molar-refractivity contribution in [1.82, 2.24) is 35.1 Å². The van der Waals surface area contributed by atoms with E-state index in [0.29, 0.717) is 23.5 Å². The molecule has 0 saturated carbocycles. The lowest BCUT2D eigenvalue weighted by Gasteiger charge is -2.28. The van der Waals surface area contributed by atoms with Crippen LogP contribution in [0.15, 0.2) is 60.9 Å². The van der Waals surface area contributed by atoms with Gasteiger partial charge in [-0.2, -0.15) is 10.2 Å². The van der Waals surface area contributed by atoms with Crippen LogP contribution in [0.2, 0.25) is 0 Å². The van der Waals surface area contributed by atoms with E-state index in [1.54, 1.807) is 12.3 Å². The number of H-pyrrole nitrogens is 1. The van der Waals surface area contributed by atoms with Crippen molar-refractivity contribution in [3.8, 4) is 0 Å². The number of nitrogens with zero attached hydrogens (tertiary/aromatic N) is 5. The average Bonchev–Trinajstić information content (AvgIpc) is 3.86. The number of benzene rings is 2. The average molecular weight is 762 g/mol. The molecule has 292 valence electrons. The van der Waals surface area contributed by atoms with E-state index in [-0.39, 0.29) is 53.7 Å². The quantitative estimate of drug-likeness (QED) is 0.106. The van der Waals surface area contributed by atoms with Crippen molar-refractivity contribution < 1.29 is 28.8 Å². The van der Waals surface area contributed by atoms with Gasteiger partial charge in [0.1, 0.15) is 6.04 Å². The smallest absolute Gasteiger partial charge is 0.276 e. The highest BCUT2D eigenvalue weighted by Gasteiger charge is 2.44. The minimum absolute atomic E-state index is 0.0392. The van der Waals surface area contributed by atoms with E-state index < -0.39 is 29.7 Å². The fourth-order valence-electron chi connectivity index (χ4n) is 7.82. The first-order chi connectivity index (χ1) is 26.9. The van der Waals surface area contributed by atoms with E-state index in [1.165, 1.54) is 12.1 Å². The fraction of sp³-hybridized carbons (Fsp3) is 0.415. The first-order valence-corrected chi connectivity index (χ1v) is 19.2. The number of anilines is 2. The van der Waals surface area contributed by atoms with Crippen molar-refractivity contribution in [2.24, 2.45) is 5.41 Å². The molecule has 0 radical (unpaired) electrons. The number of aromatic amines is 1. The maximum Gasteiger partial charge on any atom is 0.276 e. The lowest BCUT2D eigenvalue weighted by atomic mass is 9.76. The number of piperidine rings is 1. The van der Waals surface area contributed by atoms with Gasteiger partial charge in [0.25, 0.3) is 17.7 Å². The summed E-state index contributed by atoms with van der Waals surface area (Å²) in [5.41, 5.74) is 5.01. The van der Waals surface area contributed by atoms with Crippen LogP contribution in [0.25, 0.3) is 0 Å². The zero-order valence-corrected chi connectivity index (χ0v) is 31.9. The third-order valence-corrected chi connectivity index (χ3v) is 10.9. The summed E-state index contributed by atoms with van der Waals surface area (Å²) in [6.45, 7) is 5.99. The van der Waals surface area contributed by atoms with Crippen LogP contribution in [0.4, 0.5) is 11.4 Å². The Kier molecular flexibility index (Phi) is 11.0. The van der Waals surface area contributed by atoms with Gasteiger partial charge in [0.05, 0.1) is 29.1 Å². The molecule has 0 spiro atoms. The summed E-state index contributed by atoms with van der Waals surface area (Å²) >= 11 is 0. The van der Waals surface area contributed by atoms with E-state index in [0.717, 1.165) is 66.9 Å². The third-order valence-electron chi connectivity index (χ3n) is 10.9. The summed E-state index contributed by atoms with van der Waals surface area (Å²) < 4.78 is 1.89. The summed E-state index contributed by atoms with van der Waals surface area (Å²) in [5, 5.41) is 20.1. The van der Waals surface area contributed by atoms with Crippen molar-refractivity contribution in [3.63, 3.8) is 0 Å². The number of carbonyl (C=O) groups excluding carboxylic acids is 6. The second-order valence-electron chi connectivity index (χ2n) is 15.8. The molecule has 1 unspecified atom stereocenters. The van der Waals surface area contributed by atoms with Gasteiger partial charge in [0.15, 0.2) is 5.69 Å². The highest BCUT2D eigenvalue weighted by atomic mass is 16.2. The summed E-state index contributed by atoms with van der Waals surface area (Å²) in [4.78, 5) is 79.2. The molecule has 2 atom stereocenters. The Bertz CT molecular complexity index is 2170. The third kappa shape index (κ3) is 8.32. The number of aromatic nitrogens is 4. The molecular formula is C41H47N9O6. The van der Waals surface area contributed by atoms with Gasteiger partial charge >= 0.3 is 0 Å². The van der Waals surface area contributed by atoms with Gasteiger partial charge in [-0.05, 0) is 87.7 Å². The Morgan fingerprint density at radius 1 is 0.964 bits per heavy atom. The summed E-state index contributed by atoms with van der Waals surface area (Å²) in [6, 6.07) is 13.5. The van der Waals surface area contributed by atoms with Gasteiger partial charge < -0.3 is 15.5 Å². The van der Waals surface area contributed by atoms with Crippen molar-refractivity contribution in [2.75, 3.05) is 30.8 Å². The van der Waals surface area contributed by atoms with Gasteiger partial charge in [0, 0.05) is 42.5 Å². The van der Waals surface area contributed by atoms with Gasteiger partial charge in [-0.3, -0.25) is 48.8 Å². The van der Waals surface area contributed by atoms with Crippen LogP contribution in [0.3, 0.4) is 0 Å². The normalized spacial score (nSPS) is 18.1. The first kappa shape index (κ1) is 38.3. The zero-order valence-electron chi connectivity index (χ0n) is 31.9. The first-order valence-electron chi connectivity index (χ1n) is 19.2. The number of nitrogens with one attached hydrogen (secondary N) is 4.